The highest BCUT2D eigenvalue weighted by atomic mass is 14.9. The summed E-state index contributed by atoms with van der Waals surface area (Å²) in [6.07, 6.45) is 1.09. The molecule has 0 saturated heterocycles. The molecule has 0 bridgehead atoms. The second-order valence-electron chi connectivity index (χ2n) is 5.17. The van der Waals surface area contributed by atoms with Gasteiger partial charge >= 0.3 is 0 Å². The molecule has 0 spiro atoms. The van der Waals surface area contributed by atoms with E-state index in [0.717, 1.165) is 13.0 Å². The van der Waals surface area contributed by atoms with Gasteiger partial charge in [-0.15, -0.1) is 0 Å². The summed E-state index contributed by atoms with van der Waals surface area (Å²) in [5.41, 5.74) is 5.36. The lowest BCUT2D eigenvalue weighted by atomic mass is 9.98. The van der Waals surface area contributed by atoms with Crippen LogP contribution in [0.1, 0.15) is 25.0 Å². The van der Waals surface area contributed by atoms with Crippen molar-refractivity contribution in [3.63, 3.8) is 0 Å². The van der Waals surface area contributed by atoms with Crippen LogP contribution in [0, 0.1) is 6.92 Å². The van der Waals surface area contributed by atoms with Gasteiger partial charge in [-0.3, -0.25) is 0 Å². The van der Waals surface area contributed by atoms with Crippen molar-refractivity contribution >= 4 is 0 Å². The average molecular weight is 253 g/mol. The lowest BCUT2D eigenvalue weighted by Gasteiger charge is -2.13. The Balaban J connectivity index is 2.13. The molecular formula is C18H23N. The molecule has 0 aromatic heterocycles. The first-order chi connectivity index (χ1) is 9.20. The van der Waals surface area contributed by atoms with E-state index in [4.69, 9.17) is 0 Å². The van der Waals surface area contributed by atoms with Gasteiger partial charge in [-0.1, -0.05) is 55.5 Å². The van der Waals surface area contributed by atoms with E-state index in [-0.39, 0.29) is 0 Å². The monoisotopic (exact) mass is 253 g/mol. The van der Waals surface area contributed by atoms with Gasteiger partial charge in [0.15, 0.2) is 0 Å². The van der Waals surface area contributed by atoms with Crippen LogP contribution in [0.4, 0.5) is 0 Å². The normalized spacial score (nSPS) is 12.4. The fourth-order valence-corrected chi connectivity index (χ4v) is 2.49. The molecule has 0 fully saturated rings. The first-order valence-electron chi connectivity index (χ1n) is 7.09. The van der Waals surface area contributed by atoms with Gasteiger partial charge in [-0.05, 0) is 49.1 Å². The molecule has 1 unspecified atom stereocenters. The summed E-state index contributed by atoms with van der Waals surface area (Å²) >= 11 is 0. The molecular weight excluding hydrogens is 230 g/mol. The number of nitrogens with one attached hydrogen (secondary N) is 1. The number of rotatable bonds is 5. The van der Waals surface area contributed by atoms with Crippen molar-refractivity contribution in [2.75, 3.05) is 6.54 Å². The van der Waals surface area contributed by atoms with Crippen LogP contribution >= 0.6 is 0 Å². The zero-order chi connectivity index (χ0) is 13.7. The highest BCUT2D eigenvalue weighted by Crippen LogP contribution is 2.23. The fourth-order valence-electron chi connectivity index (χ4n) is 2.49. The maximum Gasteiger partial charge on any atom is 0.00790 e. The smallest absolute Gasteiger partial charge is 0.00790 e. The van der Waals surface area contributed by atoms with Gasteiger partial charge in [0.1, 0.15) is 0 Å². The highest BCUT2D eigenvalue weighted by Gasteiger charge is 2.04. The molecule has 1 heteroatoms. The van der Waals surface area contributed by atoms with Crippen molar-refractivity contribution in [2.24, 2.45) is 0 Å². The van der Waals surface area contributed by atoms with Gasteiger partial charge in [0.05, 0.1) is 0 Å². The first kappa shape index (κ1) is 13.8. The van der Waals surface area contributed by atoms with Crippen LogP contribution in [0.25, 0.3) is 11.1 Å². The van der Waals surface area contributed by atoms with Gasteiger partial charge in [0.2, 0.25) is 0 Å². The lowest BCUT2D eigenvalue weighted by molar-refractivity contribution is 0.565. The van der Waals surface area contributed by atoms with Crippen LogP contribution in [0.5, 0.6) is 0 Å². The second-order valence-corrected chi connectivity index (χ2v) is 5.17. The summed E-state index contributed by atoms with van der Waals surface area (Å²) in [4.78, 5) is 0. The van der Waals surface area contributed by atoms with Crippen molar-refractivity contribution in [1.82, 2.24) is 5.32 Å². The Morgan fingerprint density at radius 2 is 1.68 bits per heavy atom. The molecule has 2 aromatic rings. The van der Waals surface area contributed by atoms with Crippen LogP contribution in [0.3, 0.4) is 0 Å². The minimum absolute atomic E-state index is 0.536. The first-order valence-corrected chi connectivity index (χ1v) is 7.09. The maximum absolute atomic E-state index is 3.45. The third kappa shape index (κ3) is 3.68. The van der Waals surface area contributed by atoms with Crippen molar-refractivity contribution in [1.29, 1.82) is 0 Å². The molecule has 2 rings (SSSR count). The van der Waals surface area contributed by atoms with Gasteiger partial charge in [-0.25, -0.2) is 0 Å². The molecule has 0 amide bonds. The van der Waals surface area contributed by atoms with Crippen molar-refractivity contribution < 1.29 is 0 Å². The molecule has 100 valence electrons. The third-order valence-electron chi connectivity index (χ3n) is 3.50. The molecule has 0 aliphatic rings. The molecule has 1 N–H and O–H groups in total. The summed E-state index contributed by atoms with van der Waals surface area (Å²) in [6, 6.07) is 18.0. The predicted molar refractivity (Wildman–Crippen MR) is 83.5 cm³/mol. The number of benzene rings is 2. The topological polar surface area (TPSA) is 12.0 Å². The summed E-state index contributed by atoms with van der Waals surface area (Å²) in [5.74, 6) is 0. The standard InChI is InChI=1S/C18H23N/c1-4-19-15(3)13-16-9-11-17(12-10-16)18-8-6-5-7-14(18)2/h5-12,15,19H,4,13H2,1-3H3. The van der Waals surface area contributed by atoms with E-state index in [9.17, 15) is 0 Å². The zero-order valence-corrected chi connectivity index (χ0v) is 12.1. The molecule has 0 radical (unpaired) electrons. The summed E-state index contributed by atoms with van der Waals surface area (Å²) in [5, 5.41) is 3.45. The van der Waals surface area contributed by atoms with E-state index in [1.54, 1.807) is 0 Å². The van der Waals surface area contributed by atoms with Gasteiger partial charge < -0.3 is 5.32 Å². The summed E-state index contributed by atoms with van der Waals surface area (Å²) in [6.45, 7) is 7.58. The molecule has 0 saturated carbocycles. The van der Waals surface area contributed by atoms with E-state index in [1.165, 1.54) is 22.3 Å². The Morgan fingerprint density at radius 3 is 2.32 bits per heavy atom. The molecule has 19 heavy (non-hydrogen) atoms. The van der Waals surface area contributed by atoms with Gasteiger partial charge in [0, 0.05) is 6.04 Å². The third-order valence-corrected chi connectivity index (χ3v) is 3.50. The Bertz CT molecular complexity index is 513. The number of hydrogen-bond acceptors (Lipinski definition) is 1. The highest BCUT2D eigenvalue weighted by molar-refractivity contribution is 5.67. The van der Waals surface area contributed by atoms with Gasteiger partial charge in [0.25, 0.3) is 0 Å². The Morgan fingerprint density at radius 1 is 1.00 bits per heavy atom. The van der Waals surface area contributed by atoms with E-state index in [1.807, 2.05) is 0 Å². The molecule has 2 aromatic carbocycles. The molecule has 0 aliphatic carbocycles. The van der Waals surface area contributed by atoms with Crippen LogP contribution in [0.2, 0.25) is 0 Å². The Kier molecular flexibility index (Phi) is 4.75. The van der Waals surface area contributed by atoms with Crippen molar-refractivity contribution in [3.05, 3.63) is 59.7 Å². The quantitative estimate of drug-likeness (QED) is 0.842. The van der Waals surface area contributed by atoms with Crippen LogP contribution in [-0.4, -0.2) is 12.6 Å². The van der Waals surface area contributed by atoms with E-state index in [2.05, 4.69) is 74.6 Å². The van der Waals surface area contributed by atoms with Crippen LogP contribution < -0.4 is 5.32 Å². The molecule has 0 heterocycles. The summed E-state index contributed by atoms with van der Waals surface area (Å²) in [7, 11) is 0. The maximum atomic E-state index is 3.45. The van der Waals surface area contributed by atoms with Crippen LogP contribution in [-0.2, 0) is 6.42 Å². The molecule has 0 aliphatic heterocycles. The van der Waals surface area contributed by atoms with E-state index in [0.29, 0.717) is 6.04 Å². The minimum atomic E-state index is 0.536. The number of likely N-dealkylation sites (N-methyl/N-ethyl adjacent to an activating group) is 1. The molecule has 1 nitrogen and oxygen atoms in total. The van der Waals surface area contributed by atoms with Crippen molar-refractivity contribution in [3.8, 4) is 11.1 Å². The largest absolute Gasteiger partial charge is 0.314 e. The zero-order valence-electron chi connectivity index (χ0n) is 12.1. The number of hydrogen-bond donors (Lipinski definition) is 1. The lowest BCUT2D eigenvalue weighted by Crippen LogP contribution is -2.27. The van der Waals surface area contributed by atoms with Crippen LogP contribution in [0.15, 0.2) is 48.5 Å². The van der Waals surface area contributed by atoms with E-state index < -0.39 is 0 Å². The second kappa shape index (κ2) is 6.53. The van der Waals surface area contributed by atoms with Gasteiger partial charge in [-0.2, -0.15) is 0 Å². The predicted octanol–water partition coefficient (Wildman–Crippen LogP) is 4.20. The van der Waals surface area contributed by atoms with Crippen molar-refractivity contribution in [2.45, 2.75) is 33.2 Å². The number of aryl methyl sites for hydroxylation is 1. The minimum Gasteiger partial charge on any atom is -0.314 e. The SMILES string of the molecule is CCNC(C)Cc1ccc(-c2ccccc2C)cc1. The Hall–Kier alpha value is -1.60. The fraction of sp³-hybridized carbons (Fsp3) is 0.333. The van der Waals surface area contributed by atoms with E-state index >= 15 is 0 Å². The Labute approximate surface area is 116 Å². The average Bonchev–Trinajstić information content (AvgIpc) is 2.41. The summed E-state index contributed by atoms with van der Waals surface area (Å²) < 4.78 is 0. The molecule has 1 atom stereocenters.